The van der Waals surface area contributed by atoms with Crippen molar-refractivity contribution in [3.63, 3.8) is 0 Å². The second kappa shape index (κ2) is 3.52. The molecule has 1 aromatic carbocycles. The van der Waals surface area contributed by atoms with Gasteiger partial charge in [0.25, 0.3) is 5.65 Å². The molecular weight excluding hydrogens is 260 g/mol. The van der Waals surface area contributed by atoms with Crippen LogP contribution in [0, 0.1) is 0 Å². The molecule has 0 atom stereocenters. The number of rotatable bonds is 0. The van der Waals surface area contributed by atoms with Crippen molar-refractivity contribution in [1.29, 1.82) is 0 Å². The van der Waals surface area contributed by atoms with Gasteiger partial charge < -0.3 is 0 Å². The maximum Gasteiger partial charge on any atom is 0.269 e. The van der Waals surface area contributed by atoms with Gasteiger partial charge in [-0.1, -0.05) is 12.1 Å². The summed E-state index contributed by atoms with van der Waals surface area (Å²) in [5, 5.41) is 0.962. The van der Waals surface area contributed by atoms with Gasteiger partial charge in [-0.3, -0.25) is 14.1 Å². The number of pyridine rings is 1. The van der Waals surface area contributed by atoms with Crippen LogP contribution in [0.4, 0.5) is 0 Å². The molecule has 0 saturated heterocycles. The Morgan fingerprint density at radius 2 is 2.14 bits per heavy atom. The number of hydrogen-bond donors (Lipinski definition) is 0. The van der Waals surface area contributed by atoms with Crippen molar-refractivity contribution in [3.8, 4) is 11.4 Å². The summed E-state index contributed by atoms with van der Waals surface area (Å²) in [6, 6.07) is 9.84. The third-order valence-corrected chi connectivity index (χ3v) is 4.47. The van der Waals surface area contributed by atoms with Crippen molar-refractivity contribution in [3.05, 3.63) is 48.3 Å². The standard InChI is InChI=1S/C17H15N4/c1-19-14-6-4-3-5-13(14)15-17(19)21-10-11-9-18-8-7-12(11)16(21)20(15)2/h3-9H,10H2,1-2H3/q+1/i2D3. The zero-order chi connectivity index (χ0) is 16.6. The first-order valence-corrected chi connectivity index (χ1v) is 6.94. The third kappa shape index (κ3) is 1.17. The summed E-state index contributed by atoms with van der Waals surface area (Å²) in [4.78, 5) is 4.19. The fourth-order valence-electron chi connectivity index (χ4n) is 3.57. The highest BCUT2D eigenvalue weighted by atomic mass is 15.2. The molecule has 0 amide bonds. The molecule has 0 N–H and O–H groups in total. The Labute approximate surface area is 126 Å². The lowest BCUT2D eigenvalue weighted by Gasteiger charge is -1.97. The zero-order valence-electron chi connectivity index (χ0n) is 14.5. The molecular formula is C17H15N4+. The second-order valence-corrected chi connectivity index (χ2v) is 5.53. The van der Waals surface area contributed by atoms with E-state index in [-0.39, 0.29) is 0 Å². The van der Waals surface area contributed by atoms with Crippen LogP contribution in [0.1, 0.15) is 9.68 Å². The minimum atomic E-state index is -2.26. The molecule has 5 rings (SSSR count). The number of hydrogen-bond acceptors (Lipinski definition) is 1. The Hall–Kier alpha value is -2.62. The van der Waals surface area contributed by atoms with Gasteiger partial charge in [-0.25, -0.2) is 4.57 Å². The van der Waals surface area contributed by atoms with E-state index >= 15 is 0 Å². The van der Waals surface area contributed by atoms with Gasteiger partial charge in [0.1, 0.15) is 5.52 Å². The molecule has 0 fully saturated rings. The number of imidazole rings is 1. The van der Waals surface area contributed by atoms with E-state index in [0.717, 1.165) is 39.0 Å². The maximum atomic E-state index is 8.12. The first-order chi connectivity index (χ1) is 11.5. The predicted molar refractivity (Wildman–Crippen MR) is 81.9 cm³/mol. The highest BCUT2D eigenvalue weighted by Crippen LogP contribution is 2.34. The molecule has 4 aromatic rings. The number of nitrogens with zero attached hydrogens (tertiary/aromatic N) is 4. The van der Waals surface area contributed by atoms with Crippen molar-refractivity contribution in [1.82, 2.24) is 14.1 Å². The van der Waals surface area contributed by atoms with Crippen LogP contribution in [-0.2, 0) is 20.6 Å². The van der Waals surface area contributed by atoms with E-state index in [1.807, 2.05) is 43.6 Å². The fraction of sp³-hybridized carbons (Fsp3) is 0.176. The van der Waals surface area contributed by atoms with Crippen LogP contribution in [-0.4, -0.2) is 14.1 Å². The van der Waals surface area contributed by atoms with Gasteiger partial charge >= 0.3 is 0 Å². The fourth-order valence-corrected chi connectivity index (χ4v) is 3.57. The van der Waals surface area contributed by atoms with Crippen molar-refractivity contribution in [2.24, 2.45) is 14.0 Å². The Balaban J connectivity index is 2.05. The molecule has 0 radical (unpaired) electrons. The molecule has 1 aliphatic heterocycles. The summed E-state index contributed by atoms with van der Waals surface area (Å²) in [7, 11) is 1.99. The Morgan fingerprint density at radius 1 is 1.24 bits per heavy atom. The van der Waals surface area contributed by atoms with E-state index < -0.39 is 6.98 Å². The number of para-hydroxylation sites is 1. The molecule has 0 spiro atoms. The first kappa shape index (κ1) is 8.62. The number of benzene rings is 1. The highest BCUT2D eigenvalue weighted by Gasteiger charge is 2.34. The monoisotopic (exact) mass is 278 g/mol. The summed E-state index contributed by atoms with van der Waals surface area (Å²) >= 11 is 0. The molecule has 0 aliphatic carbocycles. The molecule has 3 aromatic heterocycles. The number of fused-ring (bicyclic) bond motifs is 7. The molecule has 102 valence electrons. The van der Waals surface area contributed by atoms with E-state index in [2.05, 4.69) is 14.1 Å². The number of aromatic nitrogens is 4. The second-order valence-electron chi connectivity index (χ2n) is 5.53. The molecule has 4 heterocycles. The number of aryl methyl sites for hydroxylation is 2. The van der Waals surface area contributed by atoms with Crippen LogP contribution in [0.2, 0.25) is 0 Å². The Bertz CT molecular complexity index is 1130. The lowest BCUT2D eigenvalue weighted by molar-refractivity contribution is -0.648. The van der Waals surface area contributed by atoms with Crippen LogP contribution < -0.4 is 4.57 Å². The normalized spacial score (nSPS) is 15.8. The average Bonchev–Trinajstić information content (AvgIpc) is 3.15. The summed E-state index contributed by atoms with van der Waals surface area (Å²) < 4.78 is 30.1. The van der Waals surface area contributed by atoms with Gasteiger partial charge in [0, 0.05) is 18.0 Å². The van der Waals surface area contributed by atoms with Crippen molar-refractivity contribution in [2.45, 2.75) is 6.54 Å². The smallest absolute Gasteiger partial charge is 0.264 e. The van der Waals surface area contributed by atoms with Crippen LogP contribution in [0.5, 0.6) is 0 Å². The van der Waals surface area contributed by atoms with Gasteiger partial charge in [0.05, 0.1) is 35.6 Å². The van der Waals surface area contributed by atoms with Gasteiger partial charge in [-0.15, -0.1) is 0 Å². The predicted octanol–water partition coefficient (Wildman–Crippen LogP) is 2.38. The Kier molecular flexibility index (Phi) is 1.45. The van der Waals surface area contributed by atoms with E-state index in [1.54, 1.807) is 6.20 Å². The molecule has 4 nitrogen and oxygen atoms in total. The van der Waals surface area contributed by atoms with Gasteiger partial charge in [-0.05, 0) is 18.2 Å². The largest absolute Gasteiger partial charge is 0.269 e. The van der Waals surface area contributed by atoms with E-state index in [4.69, 9.17) is 4.11 Å². The van der Waals surface area contributed by atoms with Crippen LogP contribution in [0.3, 0.4) is 0 Å². The highest BCUT2D eigenvalue weighted by molar-refractivity contribution is 6.04. The quantitative estimate of drug-likeness (QED) is 0.399. The summed E-state index contributed by atoms with van der Waals surface area (Å²) in [6.07, 6.45) is 3.54. The van der Waals surface area contributed by atoms with Gasteiger partial charge in [0.15, 0.2) is 5.52 Å². The van der Waals surface area contributed by atoms with Gasteiger partial charge in [0.2, 0.25) is 5.82 Å². The van der Waals surface area contributed by atoms with Gasteiger partial charge in [-0.2, -0.15) is 0 Å². The molecule has 0 unspecified atom stereocenters. The van der Waals surface area contributed by atoms with Crippen LogP contribution >= 0.6 is 0 Å². The van der Waals surface area contributed by atoms with E-state index in [0.29, 0.717) is 6.54 Å². The molecule has 4 heteroatoms. The molecule has 0 bridgehead atoms. The van der Waals surface area contributed by atoms with Crippen molar-refractivity contribution < 1.29 is 8.68 Å². The van der Waals surface area contributed by atoms with Crippen LogP contribution in [0.25, 0.3) is 33.5 Å². The van der Waals surface area contributed by atoms with Crippen molar-refractivity contribution in [2.75, 3.05) is 0 Å². The molecule has 0 saturated carbocycles. The maximum absolute atomic E-state index is 8.12. The summed E-state index contributed by atoms with van der Waals surface area (Å²) in [6.45, 7) is -1.61. The first-order valence-electron chi connectivity index (χ1n) is 8.44. The van der Waals surface area contributed by atoms with E-state index in [1.165, 1.54) is 4.57 Å². The summed E-state index contributed by atoms with van der Waals surface area (Å²) in [5.41, 5.74) is 4.73. The van der Waals surface area contributed by atoms with Crippen LogP contribution in [0.15, 0.2) is 42.7 Å². The minimum absolute atomic E-state index is 0.641. The minimum Gasteiger partial charge on any atom is -0.264 e. The summed E-state index contributed by atoms with van der Waals surface area (Å²) in [5.74, 6) is 0.735. The third-order valence-electron chi connectivity index (χ3n) is 4.47. The Morgan fingerprint density at radius 3 is 3.05 bits per heavy atom. The lowest BCUT2D eigenvalue weighted by Crippen LogP contribution is -2.33. The SMILES string of the molecule is [2H]C([2H])([2H])n1c2[n+](c3c1c1ccccc1n3C)Cc1cnccc1-2. The average molecular weight is 278 g/mol. The van der Waals surface area contributed by atoms with E-state index in [9.17, 15) is 0 Å². The van der Waals surface area contributed by atoms with Crippen molar-refractivity contribution >= 4 is 22.1 Å². The zero-order valence-corrected chi connectivity index (χ0v) is 11.5. The molecule has 21 heavy (non-hydrogen) atoms. The topological polar surface area (TPSA) is 26.6 Å². The lowest BCUT2D eigenvalue weighted by atomic mass is 10.2. The molecule has 1 aliphatic rings.